The largest absolute Gasteiger partial charge is 0.353 e. The number of imidazole rings is 1. The Labute approximate surface area is 126 Å². The number of fused-ring (bicyclic) bond motifs is 3. The Balaban J connectivity index is 1.99. The number of hydrogen-bond donors (Lipinski definition) is 1. The molecular formula is C17H14N4O. The first kappa shape index (κ1) is 12.8. The van der Waals surface area contributed by atoms with Crippen LogP contribution in [-0.4, -0.2) is 25.3 Å². The van der Waals surface area contributed by atoms with Crippen molar-refractivity contribution in [3.63, 3.8) is 0 Å². The van der Waals surface area contributed by atoms with Crippen molar-refractivity contribution in [1.82, 2.24) is 19.5 Å². The number of ketones is 1. The Hall–Kier alpha value is -2.95. The maximum Gasteiger partial charge on any atom is 0.231 e. The van der Waals surface area contributed by atoms with Gasteiger partial charge in [-0.2, -0.15) is 0 Å². The van der Waals surface area contributed by atoms with Crippen LogP contribution in [0, 0.1) is 6.92 Å². The standard InChI is InChI=1S/C17H14N4O/c1-10-19-9-14(21(10)2)17(22)16-15-12(7-8-18-16)11-5-3-4-6-13(11)20-15/h3-9,20H,1-2H3. The van der Waals surface area contributed by atoms with Crippen molar-refractivity contribution in [3.8, 4) is 0 Å². The van der Waals surface area contributed by atoms with Gasteiger partial charge in [-0.05, 0) is 19.1 Å². The summed E-state index contributed by atoms with van der Waals surface area (Å²) in [5.74, 6) is 0.674. The number of nitrogens with zero attached hydrogens (tertiary/aromatic N) is 3. The van der Waals surface area contributed by atoms with Gasteiger partial charge in [0.05, 0.1) is 11.7 Å². The molecule has 0 unspecified atom stereocenters. The van der Waals surface area contributed by atoms with Crippen molar-refractivity contribution in [2.45, 2.75) is 6.92 Å². The highest BCUT2D eigenvalue weighted by Gasteiger charge is 2.20. The van der Waals surface area contributed by atoms with Crippen LogP contribution in [0.25, 0.3) is 21.8 Å². The van der Waals surface area contributed by atoms with Crippen LogP contribution in [0.15, 0.2) is 42.7 Å². The highest BCUT2D eigenvalue weighted by atomic mass is 16.1. The highest BCUT2D eigenvalue weighted by Crippen LogP contribution is 2.27. The number of hydrogen-bond acceptors (Lipinski definition) is 3. The fraction of sp³-hybridized carbons (Fsp3) is 0.118. The third-order valence-electron chi connectivity index (χ3n) is 4.10. The van der Waals surface area contributed by atoms with E-state index in [0.717, 1.165) is 27.6 Å². The van der Waals surface area contributed by atoms with Gasteiger partial charge in [0, 0.05) is 29.5 Å². The van der Waals surface area contributed by atoms with Crippen LogP contribution in [0.4, 0.5) is 0 Å². The van der Waals surface area contributed by atoms with Crippen LogP contribution in [0.5, 0.6) is 0 Å². The van der Waals surface area contributed by atoms with Gasteiger partial charge in [-0.1, -0.05) is 18.2 Å². The molecule has 0 spiro atoms. The molecule has 3 aromatic heterocycles. The molecule has 0 aliphatic carbocycles. The summed E-state index contributed by atoms with van der Waals surface area (Å²) in [7, 11) is 1.83. The molecule has 1 aromatic carbocycles. The Morgan fingerprint density at radius 1 is 1.14 bits per heavy atom. The first-order valence-electron chi connectivity index (χ1n) is 7.05. The van der Waals surface area contributed by atoms with Crippen molar-refractivity contribution in [3.05, 3.63) is 59.9 Å². The van der Waals surface area contributed by atoms with E-state index in [1.807, 2.05) is 44.3 Å². The van der Waals surface area contributed by atoms with E-state index in [-0.39, 0.29) is 5.78 Å². The summed E-state index contributed by atoms with van der Waals surface area (Å²) in [4.78, 5) is 24.6. The van der Waals surface area contributed by atoms with Crippen molar-refractivity contribution in [1.29, 1.82) is 0 Å². The molecule has 5 heteroatoms. The number of aromatic nitrogens is 4. The van der Waals surface area contributed by atoms with E-state index in [1.54, 1.807) is 17.0 Å². The summed E-state index contributed by atoms with van der Waals surface area (Å²) in [5.41, 5.74) is 2.74. The number of carbonyl (C=O) groups excluding carboxylic acids is 1. The van der Waals surface area contributed by atoms with E-state index in [1.165, 1.54) is 0 Å². The molecule has 3 heterocycles. The Kier molecular flexibility index (Phi) is 2.63. The number of para-hydroxylation sites is 1. The van der Waals surface area contributed by atoms with Crippen molar-refractivity contribution >= 4 is 27.6 Å². The molecule has 4 rings (SSSR count). The highest BCUT2D eigenvalue weighted by molar-refractivity contribution is 6.18. The number of nitrogens with one attached hydrogen (secondary N) is 1. The van der Waals surface area contributed by atoms with Gasteiger partial charge in [-0.3, -0.25) is 9.78 Å². The van der Waals surface area contributed by atoms with Crippen molar-refractivity contribution < 1.29 is 4.79 Å². The van der Waals surface area contributed by atoms with Gasteiger partial charge < -0.3 is 9.55 Å². The lowest BCUT2D eigenvalue weighted by molar-refractivity contribution is 0.102. The van der Waals surface area contributed by atoms with Crippen LogP contribution >= 0.6 is 0 Å². The minimum atomic E-state index is -0.125. The zero-order chi connectivity index (χ0) is 15.3. The third-order valence-corrected chi connectivity index (χ3v) is 4.10. The number of H-pyrrole nitrogens is 1. The molecule has 0 saturated carbocycles. The van der Waals surface area contributed by atoms with E-state index in [9.17, 15) is 4.79 Å². The van der Waals surface area contributed by atoms with Crippen LogP contribution in [0.1, 0.15) is 22.0 Å². The average molecular weight is 290 g/mol. The summed E-state index contributed by atoms with van der Waals surface area (Å²) < 4.78 is 1.78. The number of aryl methyl sites for hydroxylation is 1. The lowest BCUT2D eigenvalue weighted by atomic mass is 10.1. The van der Waals surface area contributed by atoms with Crippen molar-refractivity contribution in [2.75, 3.05) is 0 Å². The molecule has 22 heavy (non-hydrogen) atoms. The first-order valence-corrected chi connectivity index (χ1v) is 7.05. The minimum absolute atomic E-state index is 0.125. The molecule has 5 nitrogen and oxygen atoms in total. The molecule has 0 fully saturated rings. The predicted octanol–water partition coefficient (Wildman–Crippen LogP) is 2.99. The van der Waals surface area contributed by atoms with E-state index in [0.29, 0.717) is 11.4 Å². The monoisotopic (exact) mass is 290 g/mol. The molecular weight excluding hydrogens is 276 g/mol. The van der Waals surface area contributed by atoms with Gasteiger partial charge in [-0.25, -0.2) is 4.98 Å². The van der Waals surface area contributed by atoms with Gasteiger partial charge >= 0.3 is 0 Å². The predicted molar refractivity (Wildman–Crippen MR) is 85.0 cm³/mol. The quantitative estimate of drug-likeness (QED) is 0.577. The van der Waals surface area contributed by atoms with E-state index in [4.69, 9.17) is 0 Å². The maximum atomic E-state index is 12.8. The third kappa shape index (κ3) is 1.69. The second-order valence-electron chi connectivity index (χ2n) is 5.33. The second-order valence-corrected chi connectivity index (χ2v) is 5.33. The molecule has 0 amide bonds. The number of carbonyl (C=O) groups is 1. The van der Waals surface area contributed by atoms with Gasteiger partial charge in [0.2, 0.25) is 5.78 Å². The van der Waals surface area contributed by atoms with Gasteiger partial charge in [0.15, 0.2) is 0 Å². The summed E-state index contributed by atoms with van der Waals surface area (Å²) in [6.45, 7) is 1.87. The van der Waals surface area contributed by atoms with E-state index < -0.39 is 0 Å². The van der Waals surface area contributed by atoms with Crippen LogP contribution < -0.4 is 0 Å². The van der Waals surface area contributed by atoms with E-state index >= 15 is 0 Å². The lowest BCUT2D eigenvalue weighted by Crippen LogP contribution is -2.10. The zero-order valence-corrected chi connectivity index (χ0v) is 12.3. The smallest absolute Gasteiger partial charge is 0.231 e. The lowest BCUT2D eigenvalue weighted by Gasteiger charge is -2.03. The summed E-state index contributed by atoms with van der Waals surface area (Å²) in [5, 5.41) is 2.10. The second kappa shape index (κ2) is 4.53. The van der Waals surface area contributed by atoms with E-state index in [2.05, 4.69) is 15.0 Å². The molecule has 0 aliphatic heterocycles. The van der Waals surface area contributed by atoms with Crippen molar-refractivity contribution in [2.24, 2.45) is 7.05 Å². The van der Waals surface area contributed by atoms with Gasteiger partial charge in [-0.15, -0.1) is 0 Å². The summed E-state index contributed by atoms with van der Waals surface area (Å²) >= 11 is 0. The van der Waals surface area contributed by atoms with Crippen LogP contribution in [0.3, 0.4) is 0 Å². The molecule has 0 saturated heterocycles. The molecule has 0 aliphatic rings. The zero-order valence-electron chi connectivity index (χ0n) is 12.3. The van der Waals surface area contributed by atoms with Crippen LogP contribution in [0.2, 0.25) is 0 Å². The molecule has 108 valence electrons. The van der Waals surface area contributed by atoms with Gasteiger partial charge in [0.1, 0.15) is 17.2 Å². The normalized spacial score (nSPS) is 11.4. The summed E-state index contributed by atoms with van der Waals surface area (Å²) in [6, 6.07) is 9.92. The molecule has 1 N–H and O–H groups in total. The molecule has 0 radical (unpaired) electrons. The Morgan fingerprint density at radius 2 is 1.95 bits per heavy atom. The Bertz CT molecular complexity index is 1030. The fourth-order valence-corrected chi connectivity index (χ4v) is 2.78. The molecule has 0 bridgehead atoms. The first-order chi connectivity index (χ1) is 10.7. The summed E-state index contributed by atoms with van der Waals surface area (Å²) in [6.07, 6.45) is 3.28. The fourth-order valence-electron chi connectivity index (χ4n) is 2.78. The number of rotatable bonds is 2. The number of benzene rings is 1. The SMILES string of the molecule is Cc1ncc(C(=O)c2nccc3c2[nH]c2ccccc23)n1C. The number of pyridine rings is 1. The topological polar surface area (TPSA) is 63.6 Å². The number of aromatic amines is 1. The average Bonchev–Trinajstić information content (AvgIpc) is 3.08. The molecule has 0 atom stereocenters. The van der Waals surface area contributed by atoms with Crippen LogP contribution in [-0.2, 0) is 7.05 Å². The Morgan fingerprint density at radius 3 is 2.73 bits per heavy atom. The minimum Gasteiger partial charge on any atom is -0.353 e. The molecule has 4 aromatic rings. The van der Waals surface area contributed by atoms with Gasteiger partial charge in [0.25, 0.3) is 0 Å². The maximum absolute atomic E-state index is 12.8.